The van der Waals surface area contributed by atoms with E-state index in [2.05, 4.69) is 17.1 Å². The molecule has 0 aromatic rings. The van der Waals surface area contributed by atoms with Crippen LogP contribution in [0.2, 0.25) is 0 Å². The highest BCUT2D eigenvalue weighted by Crippen LogP contribution is 2.00. The first kappa shape index (κ1) is 13.3. The predicted molar refractivity (Wildman–Crippen MR) is 63.7 cm³/mol. The van der Waals surface area contributed by atoms with Gasteiger partial charge in [-0.2, -0.15) is 0 Å². The van der Waals surface area contributed by atoms with Crippen molar-refractivity contribution in [3.63, 3.8) is 0 Å². The highest BCUT2D eigenvalue weighted by molar-refractivity contribution is 8.13. The van der Waals surface area contributed by atoms with Crippen LogP contribution < -0.4 is 5.73 Å². The molecule has 0 unspecified atom stereocenters. The van der Waals surface area contributed by atoms with E-state index in [0.29, 0.717) is 17.7 Å². The summed E-state index contributed by atoms with van der Waals surface area (Å²) >= 11 is 1.37. The van der Waals surface area contributed by atoms with Gasteiger partial charge in [-0.3, -0.25) is 0 Å². The van der Waals surface area contributed by atoms with Crippen LogP contribution in [0.1, 0.15) is 33.1 Å². The minimum absolute atomic E-state index is 0.457. The van der Waals surface area contributed by atoms with Gasteiger partial charge < -0.3 is 10.5 Å². The lowest BCUT2D eigenvalue weighted by Crippen LogP contribution is -2.07. The second-order valence-corrected chi connectivity index (χ2v) is 3.50. The maximum Gasteiger partial charge on any atom is 0.208 e. The SMILES string of the molecule is CCCCC(=NN=C(N)SC)OCC. The minimum Gasteiger partial charge on any atom is -0.480 e. The molecule has 0 rings (SSSR count). The van der Waals surface area contributed by atoms with Gasteiger partial charge in [-0.15, -0.1) is 10.2 Å². The average Bonchev–Trinajstić information content (AvgIpc) is 2.21. The first-order valence-electron chi connectivity index (χ1n) is 4.81. The highest BCUT2D eigenvalue weighted by atomic mass is 32.2. The molecule has 0 saturated carbocycles. The van der Waals surface area contributed by atoms with Crippen molar-refractivity contribution in [1.29, 1.82) is 0 Å². The van der Waals surface area contributed by atoms with E-state index >= 15 is 0 Å². The van der Waals surface area contributed by atoms with E-state index in [4.69, 9.17) is 10.5 Å². The summed E-state index contributed by atoms with van der Waals surface area (Å²) in [6, 6.07) is 0. The second-order valence-electron chi connectivity index (χ2n) is 2.67. The van der Waals surface area contributed by atoms with Crippen LogP contribution in [0.3, 0.4) is 0 Å². The lowest BCUT2D eigenvalue weighted by Gasteiger charge is -2.04. The van der Waals surface area contributed by atoms with E-state index in [1.165, 1.54) is 11.8 Å². The Morgan fingerprint density at radius 2 is 2.07 bits per heavy atom. The number of ether oxygens (including phenoxy) is 1. The molecule has 0 amide bonds. The third kappa shape index (κ3) is 6.77. The zero-order chi connectivity index (χ0) is 10.8. The maximum absolute atomic E-state index is 5.50. The zero-order valence-corrected chi connectivity index (χ0v) is 9.93. The van der Waals surface area contributed by atoms with Crippen LogP contribution in [0.4, 0.5) is 0 Å². The molecule has 0 aliphatic carbocycles. The maximum atomic E-state index is 5.50. The molecule has 82 valence electrons. The fourth-order valence-corrected chi connectivity index (χ4v) is 0.914. The molecule has 0 radical (unpaired) electrons. The molecule has 0 heterocycles. The molecule has 0 aromatic carbocycles. The summed E-state index contributed by atoms with van der Waals surface area (Å²) < 4.78 is 5.32. The van der Waals surface area contributed by atoms with Crippen LogP contribution in [0.5, 0.6) is 0 Å². The number of amidine groups is 1. The summed E-state index contributed by atoms with van der Waals surface area (Å²) in [6.45, 7) is 4.68. The predicted octanol–water partition coefficient (Wildman–Crippen LogP) is 2.20. The van der Waals surface area contributed by atoms with Gasteiger partial charge >= 0.3 is 0 Å². The summed E-state index contributed by atoms with van der Waals surface area (Å²) in [7, 11) is 0. The molecule has 0 saturated heterocycles. The van der Waals surface area contributed by atoms with Crippen LogP contribution in [-0.2, 0) is 4.74 Å². The second kappa shape index (κ2) is 8.87. The Balaban J connectivity index is 4.16. The first-order valence-corrected chi connectivity index (χ1v) is 6.03. The molecule has 0 fully saturated rings. The van der Waals surface area contributed by atoms with Crippen molar-refractivity contribution >= 4 is 22.8 Å². The van der Waals surface area contributed by atoms with Gasteiger partial charge in [0.05, 0.1) is 6.61 Å². The van der Waals surface area contributed by atoms with Gasteiger partial charge in [0.2, 0.25) is 5.90 Å². The third-order valence-corrected chi connectivity index (χ3v) is 2.02. The topological polar surface area (TPSA) is 60.0 Å². The van der Waals surface area contributed by atoms with Gasteiger partial charge in [-0.1, -0.05) is 25.1 Å². The summed E-state index contributed by atoms with van der Waals surface area (Å²) in [5.74, 6) is 0.673. The molecule has 2 N–H and O–H groups in total. The molecule has 0 spiro atoms. The van der Waals surface area contributed by atoms with Crippen molar-refractivity contribution in [2.75, 3.05) is 12.9 Å². The van der Waals surface area contributed by atoms with Gasteiger partial charge in [-0.05, 0) is 19.6 Å². The molecule has 0 aromatic heterocycles. The van der Waals surface area contributed by atoms with E-state index in [1.807, 2.05) is 13.2 Å². The molecule has 0 aliphatic heterocycles. The number of hydrogen-bond acceptors (Lipinski definition) is 4. The van der Waals surface area contributed by atoms with E-state index in [9.17, 15) is 0 Å². The Labute approximate surface area is 90.0 Å². The standard InChI is InChI=1S/C9H19N3OS/c1-4-6-7-8(13-5-2)11-12-9(10)14-3/h4-7H2,1-3H3,(H2,10,12). The fraction of sp³-hybridized carbons (Fsp3) is 0.778. The van der Waals surface area contributed by atoms with Gasteiger partial charge in [0, 0.05) is 6.42 Å². The molecule has 5 heteroatoms. The van der Waals surface area contributed by atoms with Crippen molar-refractivity contribution in [2.45, 2.75) is 33.1 Å². The molecular formula is C9H19N3OS. The Morgan fingerprint density at radius 3 is 2.57 bits per heavy atom. The number of thioether (sulfide) groups is 1. The monoisotopic (exact) mass is 217 g/mol. The largest absolute Gasteiger partial charge is 0.480 e. The average molecular weight is 217 g/mol. The summed E-state index contributed by atoms with van der Waals surface area (Å²) in [5.41, 5.74) is 5.50. The summed E-state index contributed by atoms with van der Waals surface area (Å²) in [6.07, 6.45) is 4.87. The Hall–Kier alpha value is -0.710. The smallest absolute Gasteiger partial charge is 0.208 e. The van der Waals surface area contributed by atoms with E-state index < -0.39 is 0 Å². The van der Waals surface area contributed by atoms with Crippen LogP contribution in [0.25, 0.3) is 0 Å². The van der Waals surface area contributed by atoms with Gasteiger partial charge in [0.15, 0.2) is 5.17 Å². The number of unbranched alkanes of at least 4 members (excludes halogenated alkanes) is 1. The molecule has 0 bridgehead atoms. The molecule has 0 atom stereocenters. The number of hydrogen-bond donors (Lipinski definition) is 1. The molecule has 14 heavy (non-hydrogen) atoms. The third-order valence-electron chi connectivity index (χ3n) is 1.52. The van der Waals surface area contributed by atoms with Crippen molar-refractivity contribution in [3.05, 3.63) is 0 Å². The van der Waals surface area contributed by atoms with Crippen molar-refractivity contribution in [1.82, 2.24) is 0 Å². The van der Waals surface area contributed by atoms with Crippen molar-refractivity contribution in [3.8, 4) is 0 Å². The summed E-state index contributed by atoms with van der Waals surface area (Å²) in [5, 5.41) is 8.25. The lowest BCUT2D eigenvalue weighted by atomic mass is 10.2. The van der Waals surface area contributed by atoms with E-state index in [0.717, 1.165) is 19.3 Å². The van der Waals surface area contributed by atoms with Gasteiger partial charge in [0.1, 0.15) is 0 Å². The van der Waals surface area contributed by atoms with Crippen molar-refractivity contribution in [2.24, 2.45) is 15.9 Å². The molecule has 4 nitrogen and oxygen atoms in total. The van der Waals surface area contributed by atoms with Crippen LogP contribution >= 0.6 is 11.8 Å². The quantitative estimate of drug-likeness (QED) is 0.436. The molecule has 0 aliphatic rings. The Kier molecular flexibility index (Phi) is 8.42. The fourth-order valence-electron chi connectivity index (χ4n) is 0.792. The number of rotatable bonds is 5. The van der Waals surface area contributed by atoms with Crippen LogP contribution in [-0.4, -0.2) is 23.9 Å². The summed E-state index contributed by atoms with van der Waals surface area (Å²) in [4.78, 5) is 0. The van der Waals surface area contributed by atoms with E-state index in [1.54, 1.807) is 0 Å². The van der Waals surface area contributed by atoms with Crippen molar-refractivity contribution < 1.29 is 4.74 Å². The Morgan fingerprint density at radius 1 is 1.36 bits per heavy atom. The van der Waals surface area contributed by atoms with Crippen LogP contribution in [0, 0.1) is 0 Å². The minimum atomic E-state index is 0.457. The van der Waals surface area contributed by atoms with Gasteiger partial charge in [-0.25, -0.2) is 0 Å². The first-order chi connectivity index (χ1) is 6.74. The highest BCUT2D eigenvalue weighted by Gasteiger charge is 1.98. The van der Waals surface area contributed by atoms with E-state index in [-0.39, 0.29) is 0 Å². The molecular weight excluding hydrogens is 198 g/mol. The normalized spacial score (nSPS) is 13.1. The lowest BCUT2D eigenvalue weighted by molar-refractivity contribution is 0.314. The zero-order valence-electron chi connectivity index (χ0n) is 9.12. The number of nitrogens with two attached hydrogens (primary N) is 1. The van der Waals surface area contributed by atoms with Crippen LogP contribution in [0.15, 0.2) is 10.2 Å². The Bertz CT molecular complexity index is 204. The van der Waals surface area contributed by atoms with Gasteiger partial charge in [0.25, 0.3) is 0 Å². The number of nitrogens with zero attached hydrogens (tertiary/aromatic N) is 2.